The Hall–Kier alpha value is -3.63. The quantitative estimate of drug-likeness (QED) is 0.361. The van der Waals surface area contributed by atoms with Gasteiger partial charge in [0.2, 0.25) is 9.84 Å². The molecule has 5 rings (SSSR count). The fourth-order valence-electron chi connectivity index (χ4n) is 3.61. The Bertz CT molecular complexity index is 1560. The lowest BCUT2D eigenvalue weighted by Gasteiger charge is -2.12. The van der Waals surface area contributed by atoms with Crippen LogP contribution in [-0.2, 0) is 15.6 Å². The van der Waals surface area contributed by atoms with Crippen molar-refractivity contribution in [1.82, 2.24) is 24.4 Å². The van der Waals surface area contributed by atoms with Crippen LogP contribution < -0.4 is 4.74 Å². The fraction of sp³-hybridized carbons (Fsp3) is 0.130. The minimum absolute atomic E-state index is 0.128. The largest absolute Gasteiger partial charge is 0.497 e. The van der Waals surface area contributed by atoms with E-state index in [9.17, 15) is 8.42 Å². The van der Waals surface area contributed by atoms with Crippen LogP contribution in [0.3, 0.4) is 0 Å². The van der Waals surface area contributed by atoms with Crippen LogP contribution >= 0.6 is 11.5 Å². The minimum atomic E-state index is -3.84. The van der Waals surface area contributed by atoms with E-state index in [2.05, 4.69) is 19.8 Å². The topological polar surface area (TPSA) is 99.9 Å². The highest BCUT2D eigenvalue weighted by Crippen LogP contribution is 2.31. The van der Waals surface area contributed by atoms with Crippen molar-refractivity contribution in [2.75, 3.05) is 7.11 Å². The zero-order valence-electron chi connectivity index (χ0n) is 17.8. The van der Waals surface area contributed by atoms with Crippen LogP contribution in [0.1, 0.15) is 11.3 Å². The summed E-state index contributed by atoms with van der Waals surface area (Å²) in [6.07, 6.45) is 0. The first kappa shape index (κ1) is 21.2. The fourth-order valence-corrected chi connectivity index (χ4v) is 5.64. The molecular formula is C23H19N5O3S2. The van der Waals surface area contributed by atoms with E-state index in [4.69, 9.17) is 4.74 Å². The van der Waals surface area contributed by atoms with Crippen molar-refractivity contribution in [3.63, 3.8) is 0 Å². The molecule has 2 aromatic heterocycles. The maximum absolute atomic E-state index is 13.5. The summed E-state index contributed by atoms with van der Waals surface area (Å²) in [5.74, 6) is 0.833. The first-order valence-corrected chi connectivity index (χ1v) is 12.5. The van der Waals surface area contributed by atoms with Crippen molar-refractivity contribution in [3.8, 4) is 22.1 Å². The van der Waals surface area contributed by atoms with Gasteiger partial charge in [-0.2, -0.15) is 0 Å². The first-order valence-electron chi connectivity index (χ1n) is 10.1. The number of aryl methyl sites for hydroxylation is 1. The monoisotopic (exact) mass is 477 g/mol. The molecule has 0 aliphatic carbocycles. The highest BCUT2D eigenvalue weighted by molar-refractivity contribution is 7.90. The second-order valence-electron chi connectivity index (χ2n) is 7.47. The van der Waals surface area contributed by atoms with Crippen LogP contribution in [0.15, 0.2) is 71.9 Å². The number of hydrogen-bond acceptors (Lipinski definition) is 8. The number of rotatable bonds is 6. The smallest absolute Gasteiger partial charge is 0.254 e. The van der Waals surface area contributed by atoms with E-state index in [0.29, 0.717) is 33.4 Å². The van der Waals surface area contributed by atoms with Crippen LogP contribution in [-0.4, -0.2) is 39.9 Å². The molecule has 0 aliphatic heterocycles. The summed E-state index contributed by atoms with van der Waals surface area (Å²) in [4.78, 5) is 0.668. The molecule has 0 unspecified atom stereocenters. The normalized spacial score (nSPS) is 11.7. The van der Waals surface area contributed by atoms with E-state index >= 15 is 0 Å². The number of fused-ring (bicyclic) bond motifs is 1. The molecule has 0 spiro atoms. The summed E-state index contributed by atoms with van der Waals surface area (Å²) in [6, 6.07) is 20.6. The summed E-state index contributed by atoms with van der Waals surface area (Å²) >= 11 is 1.15. The summed E-state index contributed by atoms with van der Waals surface area (Å²) in [5, 5.41) is 14.3. The number of hydrogen-bond donors (Lipinski definition) is 0. The molecule has 2 heterocycles. The van der Waals surface area contributed by atoms with Gasteiger partial charge < -0.3 is 4.74 Å². The SMILES string of the molecule is COc1ccc(CS(=O)(=O)c2nnc(-c3snnc3C)n2-c2ccc3ccccc3c2)cc1. The van der Waals surface area contributed by atoms with Crippen LogP contribution in [0.4, 0.5) is 0 Å². The summed E-state index contributed by atoms with van der Waals surface area (Å²) in [6.45, 7) is 1.81. The van der Waals surface area contributed by atoms with Gasteiger partial charge in [0, 0.05) is 0 Å². The van der Waals surface area contributed by atoms with E-state index < -0.39 is 9.84 Å². The van der Waals surface area contributed by atoms with Gasteiger partial charge in [-0.25, -0.2) is 8.42 Å². The van der Waals surface area contributed by atoms with Crippen molar-refractivity contribution in [1.29, 1.82) is 0 Å². The van der Waals surface area contributed by atoms with Gasteiger partial charge in [-0.3, -0.25) is 4.57 Å². The molecular weight excluding hydrogens is 458 g/mol. The number of nitrogens with zero attached hydrogens (tertiary/aromatic N) is 5. The second kappa shape index (κ2) is 8.38. The van der Waals surface area contributed by atoms with Gasteiger partial charge in [0.25, 0.3) is 5.16 Å². The van der Waals surface area contributed by atoms with Gasteiger partial charge in [0.05, 0.1) is 24.2 Å². The van der Waals surface area contributed by atoms with E-state index in [-0.39, 0.29) is 10.9 Å². The second-order valence-corrected chi connectivity index (χ2v) is 10.1. The van der Waals surface area contributed by atoms with Gasteiger partial charge in [-0.1, -0.05) is 47.0 Å². The lowest BCUT2D eigenvalue weighted by molar-refractivity contribution is 0.414. The standard InChI is InChI=1S/C23H19N5O3S2/c1-15-21(32-27-24-15)22-25-26-23(33(29,30)14-16-7-11-20(31-2)12-8-16)28(22)19-10-9-17-5-3-4-6-18(17)13-19/h3-13H,14H2,1-2H3. The molecule has 0 bridgehead atoms. The molecule has 8 nitrogen and oxygen atoms in total. The third-order valence-electron chi connectivity index (χ3n) is 5.27. The number of benzene rings is 3. The molecule has 0 N–H and O–H groups in total. The number of methoxy groups -OCH3 is 1. The zero-order valence-corrected chi connectivity index (χ0v) is 19.5. The van der Waals surface area contributed by atoms with Crippen molar-refractivity contribution in [3.05, 3.63) is 78.0 Å². The Labute approximate surface area is 194 Å². The molecule has 0 aliphatic rings. The van der Waals surface area contributed by atoms with Gasteiger partial charge in [-0.05, 0) is 59.1 Å². The maximum Gasteiger partial charge on any atom is 0.254 e. The van der Waals surface area contributed by atoms with Gasteiger partial charge >= 0.3 is 0 Å². The van der Waals surface area contributed by atoms with Crippen LogP contribution in [0.2, 0.25) is 0 Å². The molecule has 166 valence electrons. The van der Waals surface area contributed by atoms with E-state index in [1.807, 2.05) is 49.4 Å². The van der Waals surface area contributed by atoms with E-state index in [1.54, 1.807) is 35.9 Å². The maximum atomic E-state index is 13.5. The van der Waals surface area contributed by atoms with Crippen molar-refractivity contribution in [2.24, 2.45) is 0 Å². The first-order chi connectivity index (χ1) is 16.0. The average Bonchev–Trinajstić information content (AvgIpc) is 3.45. The van der Waals surface area contributed by atoms with Crippen molar-refractivity contribution >= 4 is 32.1 Å². The molecule has 3 aromatic carbocycles. The molecule has 0 amide bonds. The van der Waals surface area contributed by atoms with Crippen LogP contribution in [0.25, 0.3) is 27.2 Å². The van der Waals surface area contributed by atoms with Crippen LogP contribution in [0, 0.1) is 6.92 Å². The van der Waals surface area contributed by atoms with Gasteiger partial charge in [-0.15, -0.1) is 15.3 Å². The summed E-state index contributed by atoms with van der Waals surface area (Å²) in [5.41, 5.74) is 1.93. The summed E-state index contributed by atoms with van der Waals surface area (Å²) < 4.78 is 37.7. The number of ether oxygens (including phenoxy) is 1. The lowest BCUT2D eigenvalue weighted by Crippen LogP contribution is -2.13. The third-order valence-corrected chi connectivity index (χ3v) is 7.63. The molecule has 0 fully saturated rings. The molecule has 0 radical (unpaired) electrons. The summed E-state index contributed by atoms with van der Waals surface area (Å²) in [7, 11) is -2.27. The third kappa shape index (κ3) is 3.98. The minimum Gasteiger partial charge on any atom is -0.497 e. The Morgan fingerprint density at radius 1 is 0.939 bits per heavy atom. The van der Waals surface area contributed by atoms with Crippen LogP contribution in [0.5, 0.6) is 5.75 Å². The Kier molecular flexibility index (Phi) is 5.39. The molecule has 0 atom stereocenters. The number of sulfone groups is 1. The predicted molar refractivity (Wildman–Crippen MR) is 126 cm³/mol. The Balaban J connectivity index is 1.67. The molecule has 10 heteroatoms. The molecule has 33 heavy (non-hydrogen) atoms. The Morgan fingerprint density at radius 2 is 1.70 bits per heavy atom. The Morgan fingerprint density at radius 3 is 2.39 bits per heavy atom. The molecule has 0 saturated carbocycles. The van der Waals surface area contributed by atoms with Crippen molar-refractivity contribution < 1.29 is 13.2 Å². The highest BCUT2D eigenvalue weighted by Gasteiger charge is 2.28. The highest BCUT2D eigenvalue weighted by atomic mass is 32.2. The zero-order chi connectivity index (χ0) is 23.0. The number of aromatic nitrogens is 5. The molecule has 5 aromatic rings. The van der Waals surface area contributed by atoms with E-state index in [1.165, 1.54) is 0 Å². The van der Waals surface area contributed by atoms with Crippen molar-refractivity contribution in [2.45, 2.75) is 17.8 Å². The average molecular weight is 478 g/mol. The van der Waals surface area contributed by atoms with E-state index in [0.717, 1.165) is 22.3 Å². The predicted octanol–water partition coefficient (Wildman–Crippen LogP) is 4.23. The van der Waals surface area contributed by atoms with Gasteiger partial charge in [0.15, 0.2) is 5.82 Å². The lowest BCUT2D eigenvalue weighted by atomic mass is 10.1. The van der Waals surface area contributed by atoms with Gasteiger partial charge in [0.1, 0.15) is 10.6 Å². The molecule has 0 saturated heterocycles.